The van der Waals surface area contributed by atoms with Crippen LogP contribution in [0.2, 0.25) is 0 Å². The molecule has 0 aliphatic carbocycles. The van der Waals surface area contributed by atoms with Crippen molar-refractivity contribution in [1.82, 2.24) is 9.55 Å². The lowest BCUT2D eigenvalue weighted by atomic mass is 10.1. The van der Waals surface area contributed by atoms with Gasteiger partial charge in [-0.2, -0.15) is 4.98 Å². The molecule has 0 bridgehead atoms. The molecule has 0 aliphatic rings. The number of hydrogen-bond donors (Lipinski definition) is 0. The zero-order valence-corrected chi connectivity index (χ0v) is 17.1. The van der Waals surface area contributed by atoms with Gasteiger partial charge in [0.2, 0.25) is 11.1 Å². The van der Waals surface area contributed by atoms with Crippen molar-refractivity contribution in [3.63, 3.8) is 0 Å². The van der Waals surface area contributed by atoms with Gasteiger partial charge in [-0.3, -0.25) is 14.2 Å². The normalized spacial score (nSPS) is 11.2. The summed E-state index contributed by atoms with van der Waals surface area (Å²) in [6.07, 6.45) is 1.69. The highest BCUT2D eigenvalue weighted by molar-refractivity contribution is 5.89. The minimum absolute atomic E-state index is 0.0179. The van der Waals surface area contributed by atoms with Crippen LogP contribution >= 0.6 is 0 Å². The van der Waals surface area contributed by atoms with Crippen LogP contribution in [-0.4, -0.2) is 23.8 Å². The molecule has 2 heterocycles. The highest BCUT2D eigenvalue weighted by atomic mass is 16.5. The van der Waals surface area contributed by atoms with Crippen LogP contribution in [0.3, 0.4) is 0 Å². The molecular weight excluding hydrogens is 384 g/mol. The van der Waals surface area contributed by atoms with E-state index in [-0.39, 0.29) is 11.1 Å². The Bertz CT molecular complexity index is 1340. The van der Waals surface area contributed by atoms with E-state index in [0.29, 0.717) is 34.8 Å². The zero-order valence-electron chi connectivity index (χ0n) is 17.1. The predicted octanol–water partition coefficient (Wildman–Crippen LogP) is 3.99. The summed E-state index contributed by atoms with van der Waals surface area (Å²) in [5.74, 6) is 1.71. The molecule has 0 atom stereocenters. The number of fused-ring (bicyclic) bond motifs is 2. The molecule has 2 aromatic carbocycles. The Morgan fingerprint density at radius 3 is 2.37 bits per heavy atom. The van der Waals surface area contributed by atoms with E-state index in [2.05, 4.69) is 4.98 Å². The van der Waals surface area contributed by atoms with Crippen LogP contribution in [0, 0.1) is 0 Å². The standard InChI is InChI=1S/C23H22N2O5/c1-4-5-12-25-21(14-6-8-15(28-2)9-7-14)24-22-19(23(25)27)20(26)17-11-10-16(29-3)13-18(17)30-22/h6-11,13H,4-5,12H2,1-3H3. The molecule has 0 N–H and O–H groups in total. The number of benzene rings is 2. The maximum absolute atomic E-state index is 13.4. The first-order valence-corrected chi connectivity index (χ1v) is 9.77. The Hall–Kier alpha value is -3.61. The second-order valence-corrected chi connectivity index (χ2v) is 6.95. The summed E-state index contributed by atoms with van der Waals surface area (Å²) in [7, 11) is 3.13. The molecule has 0 fully saturated rings. The lowest BCUT2D eigenvalue weighted by molar-refractivity contribution is 0.414. The van der Waals surface area contributed by atoms with Gasteiger partial charge in [-0.15, -0.1) is 0 Å². The molecule has 0 saturated heterocycles. The van der Waals surface area contributed by atoms with Crippen LogP contribution in [0.5, 0.6) is 11.5 Å². The van der Waals surface area contributed by atoms with Gasteiger partial charge in [0.15, 0.2) is 5.39 Å². The van der Waals surface area contributed by atoms with Gasteiger partial charge in [-0.25, -0.2) is 0 Å². The van der Waals surface area contributed by atoms with Crippen molar-refractivity contribution in [2.24, 2.45) is 0 Å². The average Bonchev–Trinajstić information content (AvgIpc) is 2.77. The summed E-state index contributed by atoms with van der Waals surface area (Å²) in [5, 5.41) is 0.280. The van der Waals surface area contributed by atoms with Crippen LogP contribution in [0.4, 0.5) is 0 Å². The number of nitrogens with zero attached hydrogens (tertiary/aromatic N) is 2. The van der Waals surface area contributed by atoms with E-state index in [0.717, 1.165) is 18.4 Å². The van der Waals surface area contributed by atoms with E-state index < -0.39 is 11.0 Å². The first-order valence-electron chi connectivity index (χ1n) is 9.77. The van der Waals surface area contributed by atoms with E-state index in [9.17, 15) is 9.59 Å². The number of aromatic nitrogens is 2. The topological polar surface area (TPSA) is 83.6 Å². The Morgan fingerprint density at radius 2 is 1.70 bits per heavy atom. The van der Waals surface area contributed by atoms with Crippen molar-refractivity contribution >= 4 is 22.1 Å². The molecule has 0 radical (unpaired) electrons. The Morgan fingerprint density at radius 1 is 1.00 bits per heavy atom. The Balaban J connectivity index is 2.05. The molecule has 0 amide bonds. The van der Waals surface area contributed by atoms with Crippen molar-refractivity contribution in [1.29, 1.82) is 0 Å². The smallest absolute Gasteiger partial charge is 0.269 e. The van der Waals surface area contributed by atoms with E-state index in [4.69, 9.17) is 13.9 Å². The number of ether oxygens (including phenoxy) is 2. The minimum atomic E-state index is -0.397. The van der Waals surface area contributed by atoms with E-state index in [1.807, 2.05) is 19.1 Å². The molecule has 0 spiro atoms. The first kappa shape index (κ1) is 19.7. The molecule has 4 rings (SSSR count). The Kier molecular flexibility index (Phi) is 5.27. The van der Waals surface area contributed by atoms with E-state index >= 15 is 0 Å². The maximum atomic E-state index is 13.4. The summed E-state index contributed by atoms with van der Waals surface area (Å²) >= 11 is 0. The molecule has 4 aromatic rings. The third-order valence-electron chi connectivity index (χ3n) is 5.09. The van der Waals surface area contributed by atoms with Gasteiger partial charge in [0.05, 0.1) is 19.6 Å². The number of unbranched alkanes of at least 4 members (excludes halogenated alkanes) is 1. The average molecular weight is 406 g/mol. The fourth-order valence-corrected chi connectivity index (χ4v) is 3.43. The lowest BCUT2D eigenvalue weighted by Gasteiger charge is -2.13. The van der Waals surface area contributed by atoms with Gasteiger partial charge in [-0.05, 0) is 42.8 Å². The number of rotatable bonds is 6. The monoisotopic (exact) mass is 406 g/mol. The third-order valence-corrected chi connectivity index (χ3v) is 5.09. The van der Waals surface area contributed by atoms with Crippen molar-refractivity contribution in [2.75, 3.05) is 14.2 Å². The van der Waals surface area contributed by atoms with E-state index in [1.54, 1.807) is 42.0 Å². The summed E-state index contributed by atoms with van der Waals surface area (Å²) < 4.78 is 17.9. The second-order valence-electron chi connectivity index (χ2n) is 6.95. The Labute approximate surface area is 172 Å². The van der Waals surface area contributed by atoms with Crippen LogP contribution in [0.25, 0.3) is 33.5 Å². The molecule has 7 heteroatoms. The van der Waals surface area contributed by atoms with Crippen LogP contribution < -0.4 is 20.5 Å². The SMILES string of the molecule is CCCCn1c(-c2ccc(OC)cc2)nc2oc3cc(OC)ccc3c(=O)c2c1=O. The van der Waals surface area contributed by atoms with Crippen molar-refractivity contribution in [3.05, 3.63) is 63.0 Å². The van der Waals surface area contributed by atoms with Crippen LogP contribution in [0.1, 0.15) is 19.8 Å². The number of hydrogen-bond acceptors (Lipinski definition) is 6. The van der Waals surface area contributed by atoms with E-state index in [1.165, 1.54) is 7.11 Å². The van der Waals surface area contributed by atoms with Gasteiger partial charge >= 0.3 is 0 Å². The molecule has 2 aromatic heterocycles. The second kappa shape index (κ2) is 8.02. The molecule has 0 saturated carbocycles. The summed E-state index contributed by atoms with van der Waals surface area (Å²) in [5.41, 5.74) is 0.290. The van der Waals surface area contributed by atoms with Crippen molar-refractivity contribution in [2.45, 2.75) is 26.3 Å². The highest BCUT2D eigenvalue weighted by Crippen LogP contribution is 2.25. The minimum Gasteiger partial charge on any atom is -0.497 e. The van der Waals surface area contributed by atoms with Gasteiger partial charge in [0.25, 0.3) is 5.56 Å². The molecular formula is C23H22N2O5. The van der Waals surface area contributed by atoms with Gasteiger partial charge in [0, 0.05) is 18.2 Å². The summed E-state index contributed by atoms with van der Waals surface area (Å²) in [6.45, 7) is 2.50. The largest absolute Gasteiger partial charge is 0.497 e. The molecule has 30 heavy (non-hydrogen) atoms. The van der Waals surface area contributed by atoms with Crippen molar-refractivity contribution in [3.8, 4) is 22.9 Å². The quantitative estimate of drug-likeness (QED) is 0.450. The molecule has 0 unspecified atom stereocenters. The highest BCUT2D eigenvalue weighted by Gasteiger charge is 2.19. The summed E-state index contributed by atoms with van der Waals surface area (Å²) in [6, 6.07) is 12.2. The maximum Gasteiger partial charge on any atom is 0.269 e. The zero-order chi connectivity index (χ0) is 21.3. The molecule has 0 aliphatic heterocycles. The lowest BCUT2D eigenvalue weighted by Crippen LogP contribution is -2.27. The fourth-order valence-electron chi connectivity index (χ4n) is 3.43. The van der Waals surface area contributed by atoms with Gasteiger partial charge < -0.3 is 13.9 Å². The van der Waals surface area contributed by atoms with Gasteiger partial charge in [0.1, 0.15) is 22.9 Å². The van der Waals surface area contributed by atoms with Crippen LogP contribution in [0.15, 0.2) is 56.5 Å². The molecule has 154 valence electrons. The fraction of sp³-hybridized carbons (Fsp3) is 0.261. The molecule has 7 nitrogen and oxygen atoms in total. The summed E-state index contributed by atoms with van der Waals surface area (Å²) in [4.78, 5) is 31.0. The first-order chi connectivity index (χ1) is 14.6. The predicted molar refractivity (Wildman–Crippen MR) is 115 cm³/mol. The van der Waals surface area contributed by atoms with Crippen LogP contribution in [-0.2, 0) is 6.54 Å². The van der Waals surface area contributed by atoms with Crippen molar-refractivity contribution < 1.29 is 13.9 Å². The van der Waals surface area contributed by atoms with Gasteiger partial charge in [-0.1, -0.05) is 13.3 Å². The number of methoxy groups -OCH3 is 2. The third kappa shape index (κ3) is 3.32.